The molecule has 0 bridgehead atoms. The monoisotopic (exact) mass is 271 g/mol. The largest absolute Gasteiger partial charge is 0.519 e. The van der Waals surface area contributed by atoms with E-state index in [1.165, 1.54) is 0 Å². The molecule has 0 unspecified atom stereocenters. The summed E-state index contributed by atoms with van der Waals surface area (Å²) in [4.78, 5) is 11.7. The van der Waals surface area contributed by atoms with Crippen LogP contribution in [0.25, 0.3) is 0 Å². The molecule has 0 fully saturated rings. The molecule has 0 heterocycles. The first-order chi connectivity index (χ1) is 8.20. The van der Waals surface area contributed by atoms with Crippen LogP contribution in [0.3, 0.4) is 0 Å². The standard InChI is InChI=1S/C15H31O2Si/c1-8-15(16)17-18(9-12(2)3,10-13(4)5)11-14(6)7/h8,12-14H,9-11H2,1-7H3. The first-order valence-electron chi connectivity index (χ1n) is 7.23. The zero-order chi connectivity index (χ0) is 14.3. The molecular weight excluding hydrogens is 240 g/mol. The van der Waals surface area contributed by atoms with Crippen molar-refractivity contribution in [2.75, 3.05) is 0 Å². The Bertz CT molecular complexity index is 220. The molecule has 0 aromatic carbocycles. The van der Waals surface area contributed by atoms with Gasteiger partial charge in [-0.05, 0) is 35.9 Å². The Morgan fingerprint density at radius 3 is 1.50 bits per heavy atom. The van der Waals surface area contributed by atoms with E-state index in [2.05, 4.69) is 41.5 Å². The van der Waals surface area contributed by atoms with Gasteiger partial charge in [-0.15, -0.1) is 0 Å². The van der Waals surface area contributed by atoms with Crippen LogP contribution >= 0.6 is 0 Å². The van der Waals surface area contributed by atoms with Crippen LogP contribution in [0, 0.1) is 24.2 Å². The number of carbonyl (C=O) groups excluding carboxylic acids is 1. The van der Waals surface area contributed by atoms with Crippen LogP contribution < -0.4 is 0 Å². The highest BCUT2D eigenvalue weighted by molar-refractivity contribution is 6.75. The molecule has 18 heavy (non-hydrogen) atoms. The van der Waals surface area contributed by atoms with Crippen molar-refractivity contribution in [3.05, 3.63) is 6.42 Å². The molecule has 0 saturated heterocycles. The number of hydrogen-bond donors (Lipinski definition) is 0. The van der Waals surface area contributed by atoms with Crippen LogP contribution in [0.5, 0.6) is 0 Å². The maximum absolute atomic E-state index is 11.7. The van der Waals surface area contributed by atoms with E-state index in [9.17, 15) is 4.79 Å². The number of hydrogen-bond acceptors (Lipinski definition) is 2. The summed E-state index contributed by atoms with van der Waals surface area (Å²) in [6.07, 6.45) is 1.56. The SMILES string of the molecule is C[CH]C(=O)O[Si](CC(C)C)(CC(C)C)CC(C)C. The van der Waals surface area contributed by atoms with E-state index in [1.807, 2.05) is 0 Å². The maximum atomic E-state index is 11.7. The van der Waals surface area contributed by atoms with Gasteiger partial charge < -0.3 is 4.43 Å². The van der Waals surface area contributed by atoms with Gasteiger partial charge in [0.05, 0.1) is 6.42 Å². The van der Waals surface area contributed by atoms with E-state index in [0.29, 0.717) is 17.8 Å². The second-order valence-corrected chi connectivity index (χ2v) is 10.5. The first kappa shape index (κ1) is 17.7. The van der Waals surface area contributed by atoms with E-state index >= 15 is 0 Å². The zero-order valence-corrected chi connectivity index (χ0v) is 14.2. The molecule has 0 spiro atoms. The molecule has 0 aliphatic heterocycles. The molecule has 2 nitrogen and oxygen atoms in total. The normalized spacial score (nSPS) is 12.6. The van der Waals surface area contributed by atoms with Crippen molar-refractivity contribution in [2.24, 2.45) is 17.8 Å². The van der Waals surface area contributed by atoms with E-state index in [-0.39, 0.29) is 5.97 Å². The summed E-state index contributed by atoms with van der Waals surface area (Å²) >= 11 is 0. The minimum Gasteiger partial charge on any atom is -0.519 e. The lowest BCUT2D eigenvalue weighted by atomic mass is 10.2. The van der Waals surface area contributed by atoms with Gasteiger partial charge in [0.15, 0.2) is 0 Å². The van der Waals surface area contributed by atoms with Gasteiger partial charge in [-0.3, -0.25) is 4.79 Å². The molecule has 0 rings (SSSR count). The molecule has 0 saturated carbocycles. The molecule has 1 radical (unpaired) electrons. The Kier molecular flexibility index (Phi) is 7.84. The fourth-order valence-electron chi connectivity index (χ4n) is 2.88. The van der Waals surface area contributed by atoms with Crippen LogP contribution in [0.1, 0.15) is 48.5 Å². The minimum absolute atomic E-state index is 0.122. The van der Waals surface area contributed by atoms with E-state index in [0.717, 1.165) is 18.1 Å². The zero-order valence-electron chi connectivity index (χ0n) is 13.2. The molecule has 0 N–H and O–H groups in total. The lowest BCUT2D eigenvalue weighted by Crippen LogP contribution is -2.44. The Balaban J connectivity index is 5.03. The summed E-state index contributed by atoms with van der Waals surface area (Å²) in [5, 5.41) is 0. The van der Waals surface area contributed by atoms with Gasteiger partial charge in [0.2, 0.25) is 0 Å². The van der Waals surface area contributed by atoms with Crippen molar-refractivity contribution in [1.82, 2.24) is 0 Å². The molecule has 0 atom stereocenters. The predicted molar refractivity (Wildman–Crippen MR) is 80.8 cm³/mol. The molecule has 0 amide bonds. The Hall–Kier alpha value is -0.313. The molecule has 107 valence electrons. The van der Waals surface area contributed by atoms with Crippen molar-refractivity contribution in [1.29, 1.82) is 0 Å². The fourth-order valence-corrected chi connectivity index (χ4v) is 8.64. The lowest BCUT2D eigenvalue weighted by molar-refractivity contribution is -0.131. The van der Waals surface area contributed by atoms with Crippen LogP contribution in [-0.2, 0) is 9.22 Å². The molecule has 0 aliphatic carbocycles. The van der Waals surface area contributed by atoms with E-state index in [1.54, 1.807) is 13.3 Å². The van der Waals surface area contributed by atoms with Crippen LogP contribution in [0.15, 0.2) is 0 Å². The van der Waals surface area contributed by atoms with Gasteiger partial charge in [-0.1, -0.05) is 48.5 Å². The van der Waals surface area contributed by atoms with Crippen molar-refractivity contribution in [3.63, 3.8) is 0 Å². The third-order valence-corrected chi connectivity index (χ3v) is 8.21. The fraction of sp³-hybridized carbons (Fsp3) is 0.867. The topological polar surface area (TPSA) is 26.3 Å². The van der Waals surface area contributed by atoms with E-state index in [4.69, 9.17) is 4.43 Å². The van der Waals surface area contributed by atoms with Crippen LogP contribution in [-0.4, -0.2) is 14.3 Å². The van der Waals surface area contributed by atoms with Crippen molar-refractivity contribution in [3.8, 4) is 0 Å². The van der Waals surface area contributed by atoms with E-state index < -0.39 is 8.32 Å². The molecule has 0 aromatic heterocycles. The minimum atomic E-state index is -1.95. The lowest BCUT2D eigenvalue weighted by Gasteiger charge is -2.35. The van der Waals surface area contributed by atoms with Gasteiger partial charge in [0, 0.05) is 0 Å². The second kappa shape index (κ2) is 7.98. The van der Waals surface area contributed by atoms with Gasteiger partial charge in [-0.25, -0.2) is 0 Å². The predicted octanol–water partition coefficient (Wildman–Crippen LogP) is 4.67. The Morgan fingerprint density at radius 2 is 1.28 bits per heavy atom. The van der Waals surface area contributed by atoms with Crippen LogP contribution in [0.4, 0.5) is 0 Å². The summed E-state index contributed by atoms with van der Waals surface area (Å²) < 4.78 is 5.96. The summed E-state index contributed by atoms with van der Waals surface area (Å²) in [5.41, 5.74) is 0. The quantitative estimate of drug-likeness (QED) is 0.600. The highest BCUT2D eigenvalue weighted by Gasteiger charge is 2.40. The first-order valence-corrected chi connectivity index (χ1v) is 9.76. The third kappa shape index (κ3) is 7.19. The van der Waals surface area contributed by atoms with Gasteiger partial charge in [0.25, 0.3) is 14.3 Å². The number of rotatable bonds is 8. The average Bonchev–Trinajstić information content (AvgIpc) is 2.12. The van der Waals surface area contributed by atoms with Gasteiger partial charge in [-0.2, -0.15) is 0 Å². The van der Waals surface area contributed by atoms with Gasteiger partial charge >= 0.3 is 0 Å². The number of carbonyl (C=O) groups is 1. The molecule has 0 aliphatic rings. The smallest absolute Gasteiger partial charge is 0.296 e. The molecule has 3 heteroatoms. The molecular formula is C15H31O2Si. The Labute approximate surface area is 115 Å². The summed E-state index contributed by atoms with van der Waals surface area (Å²) in [6.45, 7) is 15.1. The molecule has 0 aromatic rings. The highest BCUT2D eigenvalue weighted by atomic mass is 28.4. The summed E-state index contributed by atoms with van der Waals surface area (Å²) in [7, 11) is -1.95. The van der Waals surface area contributed by atoms with Crippen LogP contribution in [0.2, 0.25) is 18.1 Å². The highest BCUT2D eigenvalue weighted by Crippen LogP contribution is 2.33. The van der Waals surface area contributed by atoms with Crippen molar-refractivity contribution < 1.29 is 9.22 Å². The second-order valence-electron chi connectivity index (χ2n) is 6.69. The maximum Gasteiger partial charge on any atom is 0.296 e. The third-order valence-electron chi connectivity index (χ3n) is 2.89. The Morgan fingerprint density at radius 1 is 0.944 bits per heavy atom. The van der Waals surface area contributed by atoms with Crippen molar-refractivity contribution >= 4 is 14.3 Å². The average molecular weight is 271 g/mol. The summed E-state index contributed by atoms with van der Waals surface area (Å²) in [5.74, 6) is 1.67. The van der Waals surface area contributed by atoms with Gasteiger partial charge in [0.1, 0.15) is 0 Å². The summed E-state index contributed by atoms with van der Waals surface area (Å²) in [6, 6.07) is 3.26. The van der Waals surface area contributed by atoms with Crippen molar-refractivity contribution in [2.45, 2.75) is 66.6 Å².